The number of aromatic carboxylic acids is 1. The SMILES string of the molecule is O=C(O)c1ccc2c(=O)c(-c3ccccc3)coc2c1. The maximum Gasteiger partial charge on any atom is 0.335 e. The van der Waals surface area contributed by atoms with Crippen molar-refractivity contribution in [2.75, 3.05) is 0 Å². The van der Waals surface area contributed by atoms with Gasteiger partial charge in [-0.15, -0.1) is 0 Å². The van der Waals surface area contributed by atoms with E-state index in [0.717, 1.165) is 5.56 Å². The maximum absolute atomic E-state index is 12.4. The molecule has 2 aromatic carbocycles. The Morgan fingerprint density at radius 3 is 2.50 bits per heavy atom. The van der Waals surface area contributed by atoms with Gasteiger partial charge in [-0.05, 0) is 23.8 Å². The van der Waals surface area contributed by atoms with E-state index in [0.29, 0.717) is 10.9 Å². The molecule has 0 bridgehead atoms. The van der Waals surface area contributed by atoms with E-state index in [2.05, 4.69) is 0 Å². The van der Waals surface area contributed by atoms with E-state index < -0.39 is 5.97 Å². The average Bonchev–Trinajstić information content (AvgIpc) is 2.48. The summed E-state index contributed by atoms with van der Waals surface area (Å²) in [6, 6.07) is 13.4. The Morgan fingerprint density at radius 2 is 1.80 bits per heavy atom. The zero-order chi connectivity index (χ0) is 14.1. The quantitative estimate of drug-likeness (QED) is 0.773. The van der Waals surface area contributed by atoms with Crippen molar-refractivity contribution in [1.29, 1.82) is 0 Å². The van der Waals surface area contributed by atoms with E-state index in [1.54, 1.807) is 0 Å². The number of carbonyl (C=O) groups is 1. The van der Waals surface area contributed by atoms with Gasteiger partial charge in [-0.1, -0.05) is 30.3 Å². The van der Waals surface area contributed by atoms with Crippen molar-refractivity contribution in [3.05, 3.63) is 70.6 Å². The molecular weight excluding hydrogens is 256 g/mol. The third-order valence-corrected chi connectivity index (χ3v) is 3.11. The van der Waals surface area contributed by atoms with Gasteiger partial charge >= 0.3 is 5.97 Å². The van der Waals surface area contributed by atoms with E-state index in [4.69, 9.17) is 9.52 Å². The molecule has 4 heteroatoms. The standard InChI is InChI=1S/C16H10O4/c17-15-12-7-6-11(16(18)19)8-14(12)20-9-13(15)10-4-2-1-3-5-10/h1-9H,(H,18,19). The first-order valence-corrected chi connectivity index (χ1v) is 6.01. The second kappa shape index (κ2) is 4.66. The van der Waals surface area contributed by atoms with Crippen LogP contribution >= 0.6 is 0 Å². The molecule has 0 aliphatic heterocycles. The summed E-state index contributed by atoms with van der Waals surface area (Å²) in [4.78, 5) is 23.3. The van der Waals surface area contributed by atoms with Crippen LogP contribution in [0.2, 0.25) is 0 Å². The Kier molecular flexibility index (Phi) is 2.84. The number of hydrogen-bond donors (Lipinski definition) is 1. The molecule has 0 saturated carbocycles. The Hall–Kier alpha value is -2.88. The third-order valence-electron chi connectivity index (χ3n) is 3.11. The van der Waals surface area contributed by atoms with Crippen LogP contribution in [0.3, 0.4) is 0 Å². The van der Waals surface area contributed by atoms with Crippen molar-refractivity contribution in [2.24, 2.45) is 0 Å². The summed E-state index contributed by atoms with van der Waals surface area (Å²) >= 11 is 0. The Labute approximate surface area is 113 Å². The lowest BCUT2D eigenvalue weighted by atomic mass is 10.0. The summed E-state index contributed by atoms with van der Waals surface area (Å²) in [7, 11) is 0. The van der Waals surface area contributed by atoms with Crippen LogP contribution in [0, 0.1) is 0 Å². The number of hydrogen-bond acceptors (Lipinski definition) is 3. The van der Waals surface area contributed by atoms with Crippen molar-refractivity contribution in [1.82, 2.24) is 0 Å². The molecule has 3 rings (SSSR count). The lowest BCUT2D eigenvalue weighted by Crippen LogP contribution is -2.05. The maximum atomic E-state index is 12.4. The predicted octanol–water partition coefficient (Wildman–Crippen LogP) is 3.16. The van der Waals surface area contributed by atoms with Gasteiger partial charge in [0, 0.05) is 0 Å². The molecule has 0 aliphatic carbocycles. The molecule has 0 radical (unpaired) electrons. The average molecular weight is 266 g/mol. The van der Waals surface area contributed by atoms with Gasteiger partial charge in [-0.3, -0.25) is 4.79 Å². The molecule has 4 nitrogen and oxygen atoms in total. The Bertz CT molecular complexity index is 847. The van der Waals surface area contributed by atoms with Gasteiger partial charge in [0.1, 0.15) is 11.8 Å². The molecular formula is C16H10O4. The number of carboxylic acid groups (broad SMARTS) is 1. The summed E-state index contributed by atoms with van der Waals surface area (Å²) in [6.07, 6.45) is 1.37. The van der Waals surface area contributed by atoms with Crippen LogP contribution in [0.4, 0.5) is 0 Å². The number of fused-ring (bicyclic) bond motifs is 1. The van der Waals surface area contributed by atoms with Crippen LogP contribution in [0.5, 0.6) is 0 Å². The first-order chi connectivity index (χ1) is 9.66. The summed E-state index contributed by atoms with van der Waals surface area (Å²) in [5, 5.41) is 9.30. The number of benzene rings is 2. The van der Waals surface area contributed by atoms with E-state index in [-0.39, 0.29) is 16.6 Å². The summed E-state index contributed by atoms with van der Waals surface area (Å²) < 4.78 is 5.41. The van der Waals surface area contributed by atoms with Crippen LogP contribution in [0.25, 0.3) is 22.1 Å². The van der Waals surface area contributed by atoms with Crippen molar-refractivity contribution < 1.29 is 14.3 Å². The van der Waals surface area contributed by atoms with Crippen LogP contribution in [-0.2, 0) is 0 Å². The van der Waals surface area contributed by atoms with E-state index in [1.165, 1.54) is 24.5 Å². The molecule has 0 aliphatic rings. The molecule has 1 heterocycles. The van der Waals surface area contributed by atoms with Gasteiger partial charge in [-0.2, -0.15) is 0 Å². The molecule has 0 atom stereocenters. The minimum atomic E-state index is -1.05. The van der Waals surface area contributed by atoms with Crippen LogP contribution in [0.1, 0.15) is 10.4 Å². The molecule has 1 N–H and O–H groups in total. The first kappa shape index (κ1) is 12.2. The second-order valence-electron chi connectivity index (χ2n) is 4.36. The molecule has 0 saturated heterocycles. The lowest BCUT2D eigenvalue weighted by molar-refractivity contribution is 0.0697. The topological polar surface area (TPSA) is 67.5 Å². The summed E-state index contributed by atoms with van der Waals surface area (Å²) in [5.41, 5.74) is 1.42. The lowest BCUT2D eigenvalue weighted by Gasteiger charge is -2.03. The van der Waals surface area contributed by atoms with Gasteiger partial charge in [0.2, 0.25) is 0 Å². The first-order valence-electron chi connectivity index (χ1n) is 6.01. The third kappa shape index (κ3) is 1.97. The van der Waals surface area contributed by atoms with Crippen LogP contribution in [0.15, 0.2) is 64.0 Å². The predicted molar refractivity (Wildman–Crippen MR) is 74.9 cm³/mol. The highest BCUT2D eigenvalue weighted by atomic mass is 16.4. The van der Waals surface area contributed by atoms with Crippen molar-refractivity contribution in [3.8, 4) is 11.1 Å². The molecule has 20 heavy (non-hydrogen) atoms. The molecule has 0 spiro atoms. The Morgan fingerprint density at radius 1 is 1.05 bits per heavy atom. The Balaban J connectivity index is 2.25. The number of rotatable bonds is 2. The molecule has 0 unspecified atom stereocenters. The van der Waals surface area contributed by atoms with E-state index in [1.807, 2.05) is 30.3 Å². The second-order valence-corrected chi connectivity index (χ2v) is 4.36. The monoisotopic (exact) mass is 266 g/mol. The minimum absolute atomic E-state index is 0.0908. The van der Waals surface area contributed by atoms with Gasteiger partial charge < -0.3 is 9.52 Å². The van der Waals surface area contributed by atoms with E-state index >= 15 is 0 Å². The van der Waals surface area contributed by atoms with Crippen LogP contribution in [-0.4, -0.2) is 11.1 Å². The van der Waals surface area contributed by atoms with Crippen molar-refractivity contribution in [3.63, 3.8) is 0 Å². The normalized spacial score (nSPS) is 10.6. The molecule has 0 fully saturated rings. The zero-order valence-electron chi connectivity index (χ0n) is 10.4. The molecule has 3 aromatic rings. The van der Waals surface area contributed by atoms with Gasteiger partial charge in [0.05, 0.1) is 16.5 Å². The minimum Gasteiger partial charge on any atom is -0.478 e. The van der Waals surface area contributed by atoms with Crippen molar-refractivity contribution >= 4 is 16.9 Å². The van der Waals surface area contributed by atoms with E-state index in [9.17, 15) is 9.59 Å². The molecule has 1 aromatic heterocycles. The smallest absolute Gasteiger partial charge is 0.335 e. The summed E-state index contributed by atoms with van der Waals surface area (Å²) in [6.45, 7) is 0. The number of carboxylic acids is 1. The van der Waals surface area contributed by atoms with Crippen LogP contribution < -0.4 is 5.43 Å². The fourth-order valence-electron chi connectivity index (χ4n) is 2.08. The summed E-state index contributed by atoms with van der Waals surface area (Å²) in [5.74, 6) is -1.05. The largest absolute Gasteiger partial charge is 0.478 e. The fourth-order valence-corrected chi connectivity index (χ4v) is 2.08. The molecule has 98 valence electrons. The highest BCUT2D eigenvalue weighted by Crippen LogP contribution is 2.20. The van der Waals surface area contributed by atoms with Gasteiger partial charge in [-0.25, -0.2) is 4.79 Å². The zero-order valence-corrected chi connectivity index (χ0v) is 10.4. The van der Waals surface area contributed by atoms with Gasteiger partial charge in [0.15, 0.2) is 5.43 Å². The fraction of sp³-hybridized carbons (Fsp3) is 0. The highest BCUT2D eigenvalue weighted by molar-refractivity contribution is 5.93. The van der Waals surface area contributed by atoms with Crippen molar-refractivity contribution in [2.45, 2.75) is 0 Å². The molecule has 0 amide bonds. The van der Waals surface area contributed by atoms with Gasteiger partial charge in [0.25, 0.3) is 0 Å². The highest BCUT2D eigenvalue weighted by Gasteiger charge is 2.11.